The summed E-state index contributed by atoms with van der Waals surface area (Å²) in [5.74, 6) is -1.81. The van der Waals surface area contributed by atoms with Crippen LogP contribution in [0.4, 0.5) is 13.2 Å². The molecule has 0 spiro atoms. The lowest BCUT2D eigenvalue weighted by atomic mass is 9.63. The standard InChI is InChI=1S/C31H36BF3NOP/c1-3-22-6-4-5-7-23(22)16-21-8-10-26(11-9-21)37-27-12-14-36(15-13-27)31(38)19-25(32-2)17-24-18-29(34)30(35)20-28(24)33/h4-11,18,20,25,27,32,38H,3,12-17,19H2,1-2H3. The van der Waals surface area contributed by atoms with Crippen molar-refractivity contribution >= 4 is 21.6 Å². The second-order valence-electron chi connectivity index (χ2n) is 10.2. The number of halogens is 3. The molecule has 4 rings (SSSR count). The molecule has 3 aromatic carbocycles. The number of piperidine rings is 1. The summed E-state index contributed by atoms with van der Waals surface area (Å²) in [6, 6.07) is 18.7. The summed E-state index contributed by atoms with van der Waals surface area (Å²) in [4.78, 5) is 2.30. The highest BCUT2D eigenvalue weighted by atomic mass is 31.0. The number of ether oxygens (including phenoxy) is 1. The van der Waals surface area contributed by atoms with Crippen LogP contribution in [-0.4, -0.2) is 36.8 Å². The maximum absolute atomic E-state index is 14.1. The van der Waals surface area contributed by atoms with Gasteiger partial charge in [0.05, 0.1) is 0 Å². The average Bonchev–Trinajstić information content (AvgIpc) is 2.93. The Labute approximate surface area is 227 Å². The summed E-state index contributed by atoms with van der Waals surface area (Å²) < 4.78 is 47.3. The van der Waals surface area contributed by atoms with Crippen molar-refractivity contribution in [3.05, 3.63) is 100 Å². The predicted octanol–water partition coefficient (Wildman–Crippen LogP) is 7.28. The van der Waals surface area contributed by atoms with Gasteiger partial charge in [0.1, 0.15) is 25.0 Å². The molecular weight excluding hydrogens is 501 g/mol. The molecule has 0 aromatic heterocycles. The third-order valence-corrected chi connectivity index (χ3v) is 8.12. The number of aryl methyl sites for hydroxylation is 1. The van der Waals surface area contributed by atoms with Gasteiger partial charge in [-0.1, -0.05) is 56.0 Å². The van der Waals surface area contributed by atoms with Crippen LogP contribution in [0.2, 0.25) is 12.6 Å². The third-order valence-electron chi connectivity index (χ3n) is 7.60. The lowest BCUT2D eigenvalue weighted by molar-refractivity contribution is 0.131. The van der Waals surface area contributed by atoms with Crippen LogP contribution in [0.15, 0.2) is 60.7 Å². The van der Waals surface area contributed by atoms with E-state index in [1.165, 1.54) is 16.7 Å². The summed E-state index contributed by atoms with van der Waals surface area (Å²) in [6.45, 7) is 5.96. The highest BCUT2D eigenvalue weighted by Crippen LogP contribution is 2.26. The molecule has 1 saturated heterocycles. The second kappa shape index (κ2) is 13.5. The van der Waals surface area contributed by atoms with Crippen LogP contribution in [0.3, 0.4) is 0 Å². The fourth-order valence-corrected chi connectivity index (χ4v) is 5.72. The van der Waals surface area contributed by atoms with Gasteiger partial charge in [0, 0.05) is 24.6 Å². The van der Waals surface area contributed by atoms with E-state index >= 15 is 0 Å². The van der Waals surface area contributed by atoms with E-state index in [0.29, 0.717) is 12.5 Å². The third kappa shape index (κ3) is 7.52. The molecule has 1 aliphatic heterocycles. The largest absolute Gasteiger partial charge is 0.490 e. The van der Waals surface area contributed by atoms with Crippen molar-refractivity contribution in [1.29, 1.82) is 0 Å². The first kappa shape index (κ1) is 28.5. The molecular formula is C31H36BF3NOP. The van der Waals surface area contributed by atoms with Crippen LogP contribution in [0.25, 0.3) is 0 Å². The van der Waals surface area contributed by atoms with Gasteiger partial charge in [-0.15, -0.1) is 8.86 Å². The van der Waals surface area contributed by atoms with Gasteiger partial charge in [-0.25, -0.2) is 13.2 Å². The van der Waals surface area contributed by atoms with E-state index in [2.05, 4.69) is 69.2 Å². The molecule has 7 heteroatoms. The van der Waals surface area contributed by atoms with Crippen LogP contribution in [0.1, 0.15) is 48.4 Å². The van der Waals surface area contributed by atoms with Crippen LogP contribution >= 0.6 is 8.86 Å². The van der Waals surface area contributed by atoms with E-state index in [4.69, 9.17) is 4.74 Å². The van der Waals surface area contributed by atoms with Gasteiger partial charge in [-0.05, 0) is 79.0 Å². The van der Waals surface area contributed by atoms with Gasteiger partial charge in [-0.2, -0.15) is 0 Å². The van der Waals surface area contributed by atoms with Gasteiger partial charge in [0.15, 0.2) is 11.6 Å². The zero-order valence-electron chi connectivity index (χ0n) is 22.3. The Balaban J connectivity index is 1.25. The maximum Gasteiger partial charge on any atom is 0.161 e. The van der Waals surface area contributed by atoms with Gasteiger partial charge in [0.2, 0.25) is 0 Å². The summed E-state index contributed by atoms with van der Waals surface area (Å²) in [5.41, 5.74) is 5.33. The Kier molecular flexibility index (Phi) is 10.1. The predicted molar refractivity (Wildman–Crippen MR) is 155 cm³/mol. The summed E-state index contributed by atoms with van der Waals surface area (Å²) >= 11 is 0. The Bertz CT molecular complexity index is 1230. The van der Waals surface area contributed by atoms with Gasteiger partial charge in [0.25, 0.3) is 0 Å². The molecule has 0 radical (unpaired) electrons. The summed E-state index contributed by atoms with van der Waals surface area (Å²) in [7, 11) is 4.62. The Morgan fingerprint density at radius 3 is 2.26 bits per heavy atom. The van der Waals surface area contributed by atoms with Crippen LogP contribution in [-0.2, 0) is 19.3 Å². The van der Waals surface area contributed by atoms with E-state index in [1.54, 1.807) is 0 Å². The minimum atomic E-state index is -1.15. The average molecular weight is 537 g/mol. The Morgan fingerprint density at radius 2 is 1.61 bits per heavy atom. The molecule has 1 fully saturated rings. The molecule has 1 heterocycles. The highest BCUT2D eigenvalue weighted by Gasteiger charge is 2.24. The number of hydrogen-bond acceptors (Lipinski definition) is 1. The lowest BCUT2D eigenvalue weighted by Gasteiger charge is -2.34. The molecule has 38 heavy (non-hydrogen) atoms. The number of benzene rings is 3. The van der Waals surface area contributed by atoms with Gasteiger partial charge >= 0.3 is 0 Å². The molecule has 0 bridgehead atoms. The molecule has 2 nitrogen and oxygen atoms in total. The summed E-state index contributed by atoms with van der Waals surface area (Å²) in [6.07, 6.45) is 5.04. The first-order chi connectivity index (χ1) is 18.4. The molecule has 0 saturated carbocycles. The zero-order chi connectivity index (χ0) is 27.1. The molecule has 1 unspecified atom stereocenters. The van der Waals surface area contributed by atoms with Crippen molar-refractivity contribution < 1.29 is 17.9 Å². The first-order valence-electron chi connectivity index (χ1n) is 13.6. The SMILES string of the molecule is CBC(CC(=P)N1CCC(Oc2ccc(Cc3ccccc3CC)cc2)CC1)Cc1cc(F)c(F)cc1F. The van der Waals surface area contributed by atoms with Crippen LogP contribution in [0.5, 0.6) is 5.75 Å². The number of nitrogens with zero attached hydrogens (tertiary/aromatic N) is 1. The van der Waals surface area contributed by atoms with Crippen molar-refractivity contribution in [3.63, 3.8) is 0 Å². The molecule has 0 amide bonds. The van der Waals surface area contributed by atoms with Crippen molar-refractivity contribution in [2.24, 2.45) is 0 Å². The van der Waals surface area contributed by atoms with Gasteiger partial charge < -0.3 is 4.74 Å². The van der Waals surface area contributed by atoms with E-state index < -0.39 is 17.5 Å². The fourth-order valence-electron chi connectivity index (χ4n) is 5.21. The van der Waals surface area contributed by atoms with Gasteiger partial charge in [-0.3, -0.25) is 4.90 Å². The number of likely N-dealkylation sites (tertiary alicyclic amines) is 1. The number of hydrogen-bond donors (Lipinski definition) is 0. The zero-order valence-corrected chi connectivity index (χ0v) is 23.3. The molecule has 1 aliphatic rings. The Hall–Kier alpha value is -2.56. The van der Waals surface area contributed by atoms with Crippen molar-refractivity contribution in [2.75, 3.05) is 13.1 Å². The van der Waals surface area contributed by atoms with E-state index in [0.717, 1.165) is 69.7 Å². The molecule has 0 N–H and O–H groups in total. The van der Waals surface area contributed by atoms with Crippen molar-refractivity contribution in [3.8, 4) is 5.75 Å². The maximum atomic E-state index is 14.1. The topological polar surface area (TPSA) is 12.5 Å². The van der Waals surface area contributed by atoms with Crippen molar-refractivity contribution in [2.45, 2.75) is 64.2 Å². The van der Waals surface area contributed by atoms with Crippen LogP contribution < -0.4 is 4.74 Å². The minimum Gasteiger partial charge on any atom is -0.490 e. The second-order valence-corrected chi connectivity index (χ2v) is 10.8. The monoisotopic (exact) mass is 537 g/mol. The van der Waals surface area contributed by atoms with E-state index in [9.17, 15) is 13.2 Å². The van der Waals surface area contributed by atoms with Crippen LogP contribution in [0, 0.1) is 17.5 Å². The summed E-state index contributed by atoms with van der Waals surface area (Å²) in [5, 5.41) is 0. The molecule has 3 aromatic rings. The highest BCUT2D eigenvalue weighted by molar-refractivity contribution is 7.20. The fraction of sp³-hybridized carbons (Fsp3) is 0.387. The molecule has 0 aliphatic carbocycles. The number of rotatable bonds is 11. The smallest absolute Gasteiger partial charge is 0.161 e. The lowest BCUT2D eigenvalue weighted by Crippen LogP contribution is -2.41. The normalized spacial score (nSPS) is 15.3. The van der Waals surface area contributed by atoms with E-state index in [-0.39, 0.29) is 17.5 Å². The molecule has 200 valence electrons. The van der Waals surface area contributed by atoms with Crippen molar-refractivity contribution in [1.82, 2.24) is 4.90 Å². The Morgan fingerprint density at radius 1 is 0.947 bits per heavy atom. The quantitative estimate of drug-likeness (QED) is 0.145. The van der Waals surface area contributed by atoms with E-state index in [1.807, 2.05) is 6.82 Å². The molecule has 1 atom stereocenters. The first-order valence-corrected chi connectivity index (χ1v) is 14.1. The minimum absolute atomic E-state index is 0.124.